The highest BCUT2D eigenvalue weighted by atomic mass is 79.9. The minimum atomic E-state index is -2.00. The molecule has 0 atom stereocenters. The molecule has 0 amide bonds. The van der Waals surface area contributed by atoms with Crippen molar-refractivity contribution >= 4 is 15.9 Å². The van der Waals surface area contributed by atoms with E-state index in [-0.39, 0.29) is 0 Å². The summed E-state index contributed by atoms with van der Waals surface area (Å²) in [5, 5.41) is 9.36. The molecule has 1 N–H and O–H groups in total. The summed E-state index contributed by atoms with van der Waals surface area (Å²) < 4.78 is 51.6. The van der Waals surface area contributed by atoms with Crippen LogP contribution in [0.2, 0.25) is 0 Å². The smallest absolute Gasteiger partial charge is 0.176 e. The molecular formula is C9H7BrF4O. The van der Waals surface area contributed by atoms with Crippen molar-refractivity contribution in [3.05, 3.63) is 33.3 Å². The Morgan fingerprint density at radius 1 is 0.933 bits per heavy atom. The van der Waals surface area contributed by atoms with Gasteiger partial charge in [0.05, 0.1) is 15.6 Å². The number of rotatable bonds is 1. The maximum absolute atomic E-state index is 13.2. The molecule has 0 saturated carbocycles. The second-order valence-electron chi connectivity index (χ2n) is 3.50. The van der Waals surface area contributed by atoms with Gasteiger partial charge in [-0.25, -0.2) is 17.6 Å². The standard InChI is InChI=1S/C9H7BrF4O/c1-9(2,15)3-5(11)7(13)4(10)8(14)6(3)12/h15H,1-2H3. The van der Waals surface area contributed by atoms with E-state index in [4.69, 9.17) is 0 Å². The Hall–Kier alpha value is -0.620. The van der Waals surface area contributed by atoms with Gasteiger partial charge in [-0.15, -0.1) is 0 Å². The lowest BCUT2D eigenvalue weighted by Gasteiger charge is -2.20. The van der Waals surface area contributed by atoms with Gasteiger partial charge in [-0.2, -0.15) is 0 Å². The highest BCUT2D eigenvalue weighted by Gasteiger charge is 2.32. The maximum atomic E-state index is 13.2. The van der Waals surface area contributed by atoms with Crippen LogP contribution in [0.25, 0.3) is 0 Å². The molecule has 0 heterocycles. The summed E-state index contributed by atoms with van der Waals surface area (Å²) in [5.74, 6) is -6.33. The van der Waals surface area contributed by atoms with Crippen LogP contribution in [0.15, 0.2) is 4.47 Å². The summed E-state index contributed by atoms with van der Waals surface area (Å²) in [6.07, 6.45) is 0. The first-order valence-electron chi connectivity index (χ1n) is 3.92. The van der Waals surface area contributed by atoms with E-state index < -0.39 is 38.9 Å². The minimum Gasteiger partial charge on any atom is -0.386 e. The first-order chi connectivity index (χ1) is 6.68. The van der Waals surface area contributed by atoms with Crippen molar-refractivity contribution in [3.8, 4) is 0 Å². The Labute approximate surface area is 91.9 Å². The van der Waals surface area contributed by atoms with Crippen LogP contribution in [-0.4, -0.2) is 5.11 Å². The predicted molar refractivity (Wildman–Crippen MR) is 49.2 cm³/mol. The van der Waals surface area contributed by atoms with Crippen LogP contribution in [0.5, 0.6) is 0 Å². The molecule has 0 radical (unpaired) electrons. The van der Waals surface area contributed by atoms with Crippen LogP contribution in [0, 0.1) is 23.3 Å². The van der Waals surface area contributed by atoms with Crippen LogP contribution in [0.1, 0.15) is 19.4 Å². The third kappa shape index (κ3) is 2.01. The molecule has 0 aromatic heterocycles. The third-order valence-corrected chi connectivity index (χ3v) is 2.52. The van der Waals surface area contributed by atoms with Gasteiger partial charge >= 0.3 is 0 Å². The van der Waals surface area contributed by atoms with Crippen LogP contribution in [0.4, 0.5) is 17.6 Å². The Morgan fingerprint density at radius 2 is 1.27 bits per heavy atom. The van der Waals surface area contributed by atoms with Gasteiger partial charge in [0.25, 0.3) is 0 Å². The van der Waals surface area contributed by atoms with E-state index in [1.54, 1.807) is 0 Å². The SMILES string of the molecule is CC(C)(O)c1c(F)c(F)c(Br)c(F)c1F. The van der Waals surface area contributed by atoms with Crippen molar-refractivity contribution in [2.45, 2.75) is 19.4 Å². The Morgan fingerprint density at radius 3 is 1.53 bits per heavy atom. The minimum absolute atomic E-state index is 0.925. The zero-order chi connectivity index (χ0) is 12.0. The predicted octanol–water partition coefficient (Wildman–Crippen LogP) is 3.23. The maximum Gasteiger partial charge on any atom is 0.176 e. The molecule has 1 nitrogen and oxygen atoms in total. The number of halogens is 5. The van der Waals surface area contributed by atoms with Crippen LogP contribution >= 0.6 is 15.9 Å². The number of benzene rings is 1. The first-order valence-corrected chi connectivity index (χ1v) is 4.71. The van der Waals surface area contributed by atoms with E-state index in [0.29, 0.717) is 0 Å². The highest BCUT2D eigenvalue weighted by Crippen LogP contribution is 2.33. The molecule has 0 fully saturated rings. The number of hydrogen-bond acceptors (Lipinski definition) is 1. The van der Waals surface area contributed by atoms with E-state index in [9.17, 15) is 22.7 Å². The van der Waals surface area contributed by atoms with Gasteiger partial charge in [-0.1, -0.05) is 0 Å². The zero-order valence-corrected chi connectivity index (χ0v) is 9.42. The van der Waals surface area contributed by atoms with Gasteiger partial charge in [0.1, 0.15) is 0 Å². The Balaban J connectivity index is 3.68. The molecule has 15 heavy (non-hydrogen) atoms. The summed E-state index contributed by atoms with van der Waals surface area (Å²) in [6.45, 7) is 2.06. The van der Waals surface area contributed by atoms with Crippen molar-refractivity contribution in [3.63, 3.8) is 0 Å². The highest BCUT2D eigenvalue weighted by molar-refractivity contribution is 9.10. The normalized spacial score (nSPS) is 12.0. The molecule has 0 aliphatic carbocycles. The summed E-state index contributed by atoms with van der Waals surface area (Å²) in [7, 11) is 0. The van der Waals surface area contributed by atoms with Crippen molar-refractivity contribution in [2.75, 3.05) is 0 Å². The van der Waals surface area contributed by atoms with Gasteiger partial charge in [0.15, 0.2) is 23.3 Å². The van der Waals surface area contributed by atoms with E-state index in [1.165, 1.54) is 0 Å². The Kier molecular flexibility index (Phi) is 3.11. The molecular weight excluding hydrogens is 280 g/mol. The van der Waals surface area contributed by atoms with E-state index in [0.717, 1.165) is 13.8 Å². The average molecular weight is 287 g/mol. The van der Waals surface area contributed by atoms with Crippen LogP contribution in [-0.2, 0) is 5.60 Å². The summed E-state index contributed by atoms with van der Waals surface area (Å²) in [4.78, 5) is 0. The van der Waals surface area contributed by atoms with Crippen LogP contribution in [0.3, 0.4) is 0 Å². The van der Waals surface area contributed by atoms with E-state index >= 15 is 0 Å². The topological polar surface area (TPSA) is 20.2 Å². The summed E-state index contributed by atoms with van der Waals surface area (Å²) in [5.41, 5.74) is -3.03. The van der Waals surface area contributed by atoms with Crippen molar-refractivity contribution in [1.82, 2.24) is 0 Å². The molecule has 0 bridgehead atoms. The van der Waals surface area contributed by atoms with Gasteiger partial charge < -0.3 is 5.11 Å². The second kappa shape index (κ2) is 3.75. The monoisotopic (exact) mass is 286 g/mol. The fraction of sp³-hybridized carbons (Fsp3) is 0.333. The zero-order valence-electron chi connectivity index (χ0n) is 7.84. The largest absolute Gasteiger partial charge is 0.386 e. The molecule has 0 aliphatic rings. The lowest BCUT2D eigenvalue weighted by Crippen LogP contribution is -2.22. The average Bonchev–Trinajstić information content (AvgIpc) is 2.09. The molecule has 1 rings (SSSR count). The van der Waals surface area contributed by atoms with Crippen molar-refractivity contribution < 1.29 is 22.7 Å². The molecule has 0 aliphatic heterocycles. The fourth-order valence-corrected chi connectivity index (χ4v) is 1.49. The van der Waals surface area contributed by atoms with Crippen molar-refractivity contribution in [1.29, 1.82) is 0 Å². The molecule has 6 heteroatoms. The molecule has 0 saturated heterocycles. The number of aliphatic hydroxyl groups is 1. The lowest BCUT2D eigenvalue weighted by molar-refractivity contribution is 0.0681. The van der Waals surface area contributed by atoms with E-state index in [2.05, 4.69) is 15.9 Å². The quantitative estimate of drug-likeness (QED) is 0.477. The molecule has 0 spiro atoms. The Bertz CT molecular complexity index is 383. The lowest BCUT2D eigenvalue weighted by atomic mass is 9.97. The summed E-state index contributed by atoms with van der Waals surface area (Å²) >= 11 is 2.37. The molecule has 84 valence electrons. The number of hydrogen-bond donors (Lipinski definition) is 1. The second-order valence-corrected chi connectivity index (χ2v) is 4.30. The van der Waals surface area contributed by atoms with Gasteiger partial charge in [0, 0.05) is 0 Å². The first kappa shape index (κ1) is 12.4. The van der Waals surface area contributed by atoms with Gasteiger partial charge in [-0.3, -0.25) is 0 Å². The summed E-state index contributed by atoms with van der Waals surface area (Å²) in [6, 6.07) is 0. The molecule has 0 unspecified atom stereocenters. The van der Waals surface area contributed by atoms with Gasteiger partial charge in [0.2, 0.25) is 0 Å². The van der Waals surface area contributed by atoms with Crippen LogP contribution < -0.4 is 0 Å². The van der Waals surface area contributed by atoms with E-state index in [1.807, 2.05) is 0 Å². The van der Waals surface area contributed by atoms with Gasteiger partial charge in [-0.05, 0) is 29.8 Å². The molecule has 1 aromatic rings. The third-order valence-electron chi connectivity index (χ3n) is 1.82. The fourth-order valence-electron chi connectivity index (χ4n) is 1.14. The van der Waals surface area contributed by atoms with Crippen molar-refractivity contribution in [2.24, 2.45) is 0 Å². The molecule has 1 aromatic carbocycles.